The van der Waals surface area contributed by atoms with Crippen LogP contribution in [0, 0.1) is 0 Å². The first kappa shape index (κ1) is 11.7. The van der Waals surface area contributed by atoms with Crippen molar-refractivity contribution in [2.24, 2.45) is 0 Å². The van der Waals surface area contributed by atoms with Gasteiger partial charge in [-0.05, 0) is 18.1 Å². The van der Waals surface area contributed by atoms with Crippen LogP contribution in [0.15, 0.2) is 28.7 Å². The van der Waals surface area contributed by atoms with Gasteiger partial charge in [-0.1, -0.05) is 34.1 Å². The number of carbonyl (C=O) groups is 1. The smallest absolute Gasteiger partial charge is 0.289 e. The fourth-order valence-corrected chi connectivity index (χ4v) is 1.74. The van der Waals surface area contributed by atoms with Crippen LogP contribution in [0.2, 0.25) is 0 Å². The standard InChI is InChI=1S/C10H11Br2NO/c1-13(10(12)14)7-6-8-4-2-3-5-9(8)11/h2-5H,6-7H2,1H3. The van der Waals surface area contributed by atoms with Gasteiger partial charge in [0.15, 0.2) is 0 Å². The van der Waals surface area contributed by atoms with Crippen LogP contribution in [0.4, 0.5) is 4.79 Å². The van der Waals surface area contributed by atoms with E-state index in [-0.39, 0.29) is 4.82 Å². The molecule has 2 nitrogen and oxygen atoms in total. The predicted molar refractivity (Wildman–Crippen MR) is 64.8 cm³/mol. The van der Waals surface area contributed by atoms with Crippen molar-refractivity contribution in [2.75, 3.05) is 13.6 Å². The minimum Gasteiger partial charge on any atom is -0.336 e. The molecular weight excluding hydrogens is 310 g/mol. The van der Waals surface area contributed by atoms with Gasteiger partial charge in [0.2, 0.25) is 0 Å². The van der Waals surface area contributed by atoms with Gasteiger partial charge in [0.25, 0.3) is 4.82 Å². The molecule has 0 heterocycles. The monoisotopic (exact) mass is 319 g/mol. The molecule has 1 rings (SSSR count). The van der Waals surface area contributed by atoms with Gasteiger partial charge in [0.1, 0.15) is 0 Å². The van der Waals surface area contributed by atoms with Crippen LogP contribution in [0.25, 0.3) is 0 Å². The Morgan fingerprint density at radius 1 is 1.43 bits per heavy atom. The third kappa shape index (κ3) is 3.42. The number of amides is 1. The summed E-state index contributed by atoms with van der Waals surface area (Å²) in [5.74, 6) is 0. The summed E-state index contributed by atoms with van der Waals surface area (Å²) in [6.45, 7) is 0.715. The van der Waals surface area contributed by atoms with Crippen molar-refractivity contribution in [2.45, 2.75) is 6.42 Å². The largest absolute Gasteiger partial charge is 0.336 e. The number of carbonyl (C=O) groups excluding carboxylic acids is 1. The van der Waals surface area contributed by atoms with E-state index in [0.29, 0.717) is 6.54 Å². The molecule has 0 radical (unpaired) electrons. The van der Waals surface area contributed by atoms with Gasteiger partial charge < -0.3 is 4.90 Å². The normalized spacial score (nSPS) is 9.93. The molecular formula is C10H11Br2NO. The molecule has 0 saturated heterocycles. The molecule has 0 aliphatic heterocycles. The zero-order valence-electron chi connectivity index (χ0n) is 7.84. The summed E-state index contributed by atoms with van der Waals surface area (Å²) < 4.78 is 1.09. The molecule has 0 aliphatic rings. The Morgan fingerprint density at radius 2 is 2.07 bits per heavy atom. The van der Waals surface area contributed by atoms with Gasteiger partial charge >= 0.3 is 0 Å². The molecule has 0 fully saturated rings. The Morgan fingerprint density at radius 3 is 2.64 bits per heavy atom. The van der Waals surface area contributed by atoms with E-state index in [0.717, 1.165) is 10.9 Å². The third-order valence-electron chi connectivity index (χ3n) is 1.97. The second-order valence-electron chi connectivity index (χ2n) is 3.02. The van der Waals surface area contributed by atoms with E-state index in [2.05, 4.69) is 37.9 Å². The van der Waals surface area contributed by atoms with Crippen molar-refractivity contribution in [1.82, 2.24) is 4.90 Å². The van der Waals surface area contributed by atoms with Crippen LogP contribution in [0.5, 0.6) is 0 Å². The summed E-state index contributed by atoms with van der Waals surface area (Å²) >= 11 is 6.38. The molecule has 0 atom stereocenters. The molecule has 0 bridgehead atoms. The maximum Gasteiger partial charge on any atom is 0.289 e. The van der Waals surface area contributed by atoms with Gasteiger partial charge in [-0.15, -0.1) is 0 Å². The van der Waals surface area contributed by atoms with Crippen molar-refractivity contribution in [3.05, 3.63) is 34.3 Å². The van der Waals surface area contributed by atoms with Crippen molar-refractivity contribution < 1.29 is 4.79 Å². The average Bonchev–Trinajstić information content (AvgIpc) is 2.16. The second-order valence-corrected chi connectivity index (χ2v) is 4.55. The van der Waals surface area contributed by atoms with Crippen LogP contribution in [-0.4, -0.2) is 23.3 Å². The first-order chi connectivity index (χ1) is 6.61. The predicted octanol–water partition coefficient (Wildman–Crippen LogP) is 3.44. The Balaban J connectivity index is 2.54. The lowest BCUT2D eigenvalue weighted by atomic mass is 10.1. The number of likely N-dealkylation sites (N-methyl/N-ethyl adjacent to an activating group) is 1. The highest BCUT2D eigenvalue weighted by atomic mass is 79.9. The summed E-state index contributed by atoms with van der Waals surface area (Å²) in [5.41, 5.74) is 1.22. The SMILES string of the molecule is CN(CCc1ccccc1Br)C(=O)Br. The van der Waals surface area contributed by atoms with Gasteiger partial charge in [-0.3, -0.25) is 4.79 Å². The first-order valence-corrected chi connectivity index (χ1v) is 5.84. The van der Waals surface area contributed by atoms with E-state index in [1.54, 1.807) is 11.9 Å². The van der Waals surface area contributed by atoms with E-state index in [9.17, 15) is 4.79 Å². The molecule has 0 aliphatic carbocycles. The van der Waals surface area contributed by atoms with Gasteiger partial charge in [-0.2, -0.15) is 0 Å². The lowest BCUT2D eigenvalue weighted by Crippen LogP contribution is -2.23. The van der Waals surface area contributed by atoms with Gasteiger partial charge in [0, 0.05) is 34.0 Å². The number of halogens is 2. The molecule has 1 amide bonds. The van der Waals surface area contributed by atoms with Crippen molar-refractivity contribution in [1.29, 1.82) is 0 Å². The molecule has 14 heavy (non-hydrogen) atoms. The second kappa shape index (κ2) is 5.51. The minimum atomic E-state index is -0.0791. The summed E-state index contributed by atoms with van der Waals surface area (Å²) in [5, 5.41) is 0. The van der Waals surface area contributed by atoms with E-state index in [1.807, 2.05) is 18.2 Å². The fraction of sp³-hybridized carbons (Fsp3) is 0.300. The number of hydrogen-bond donors (Lipinski definition) is 0. The molecule has 0 aromatic heterocycles. The Hall–Kier alpha value is -0.350. The summed E-state index contributed by atoms with van der Waals surface area (Å²) in [4.78, 5) is 12.4. The van der Waals surface area contributed by atoms with Crippen LogP contribution in [-0.2, 0) is 6.42 Å². The zero-order valence-corrected chi connectivity index (χ0v) is 11.0. The van der Waals surface area contributed by atoms with E-state index >= 15 is 0 Å². The number of benzene rings is 1. The van der Waals surface area contributed by atoms with Crippen molar-refractivity contribution in [3.63, 3.8) is 0 Å². The highest BCUT2D eigenvalue weighted by Crippen LogP contribution is 2.16. The van der Waals surface area contributed by atoms with Crippen molar-refractivity contribution in [3.8, 4) is 0 Å². The lowest BCUT2D eigenvalue weighted by Gasteiger charge is -2.13. The Bertz CT molecular complexity index is 328. The topological polar surface area (TPSA) is 20.3 Å². The highest BCUT2D eigenvalue weighted by Gasteiger charge is 2.04. The fourth-order valence-electron chi connectivity index (χ4n) is 1.08. The Labute approximate surface area is 101 Å². The summed E-state index contributed by atoms with van der Waals surface area (Å²) in [6.07, 6.45) is 0.856. The average molecular weight is 321 g/mol. The maximum atomic E-state index is 10.9. The summed E-state index contributed by atoms with van der Waals surface area (Å²) in [6, 6.07) is 8.03. The van der Waals surface area contributed by atoms with E-state index < -0.39 is 0 Å². The van der Waals surface area contributed by atoms with Crippen LogP contribution >= 0.6 is 31.9 Å². The lowest BCUT2D eigenvalue weighted by molar-refractivity contribution is 0.235. The molecule has 0 unspecified atom stereocenters. The third-order valence-corrected chi connectivity index (χ3v) is 3.35. The van der Waals surface area contributed by atoms with Gasteiger partial charge in [0.05, 0.1) is 0 Å². The molecule has 0 spiro atoms. The number of hydrogen-bond acceptors (Lipinski definition) is 1. The molecule has 0 saturated carbocycles. The van der Waals surface area contributed by atoms with Crippen LogP contribution in [0.1, 0.15) is 5.56 Å². The van der Waals surface area contributed by atoms with Crippen LogP contribution < -0.4 is 0 Å². The highest BCUT2D eigenvalue weighted by molar-refractivity contribution is 9.18. The minimum absolute atomic E-state index is 0.0791. The molecule has 1 aromatic rings. The number of nitrogens with zero attached hydrogens (tertiary/aromatic N) is 1. The molecule has 1 aromatic carbocycles. The molecule has 0 N–H and O–H groups in total. The zero-order chi connectivity index (χ0) is 10.6. The molecule has 4 heteroatoms. The van der Waals surface area contributed by atoms with E-state index in [4.69, 9.17) is 0 Å². The first-order valence-electron chi connectivity index (χ1n) is 4.25. The maximum absolute atomic E-state index is 10.9. The molecule has 76 valence electrons. The van der Waals surface area contributed by atoms with E-state index in [1.165, 1.54) is 5.56 Å². The summed E-state index contributed by atoms with van der Waals surface area (Å²) in [7, 11) is 1.77. The van der Waals surface area contributed by atoms with Crippen molar-refractivity contribution >= 4 is 36.7 Å². The quantitative estimate of drug-likeness (QED) is 0.617. The van der Waals surface area contributed by atoms with Crippen LogP contribution in [0.3, 0.4) is 0 Å². The number of rotatable bonds is 3. The Kier molecular flexibility index (Phi) is 4.62. The van der Waals surface area contributed by atoms with Gasteiger partial charge in [-0.25, -0.2) is 0 Å².